The minimum atomic E-state index is -0.547. The zero-order chi connectivity index (χ0) is 19.8. The van der Waals surface area contributed by atoms with Crippen LogP contribution in [0.25, 0.3) is 17.3 Å². The molecule has 140 valence electrons. The summed E-state index contributed by atoms with van der Waals surface area (Å²) in [4.78, 5) is 41.7. The van der Waals surface area contributed by atoms with E-state index in [0.717, 1.165) is 0 Å². The molecule has 2 aromatic rings. The summed E-state index contributed by atoms with van der Waals surface area (Å²) in [5, 5.41) is 11.2. The van der Waals surface area contributed by atoms with Crippen molar-refractivity contribution in [2.45, 2.75) is 12.8 Å². The van der Waals surface area contributed by atoms with E-state index < -0.39 is 10.9 Å². The van der Waals surface area contributed by atoms with Gasteiger partial charge in [-0.25, -0.2) is 9.78 Å². The number of esters is 2. The first-order valence-electron chi connectivity index (χ1n) is 7.88. The Morgan fingerprint density at radius 1 is 1.22 bits per heavy atom. The number of nitrogens with zero attached hydrogens (tertiary/aromatic N) is 3. The Kier molecular flexibility index (Phi) is 6.70. The molecular formula is C18H17N3O6. The smallest absolute Gasteiger partial charge is 0.339 e. The van der Waals surface area contributed by atoms with Crippen LogP contribution in [-0.4, -0.2) is 41.0 Å². The van der Waals surface area contributed by atoms with E-state index in [1.165, 1.54) is 50.9 Å². The van der Waals surface area contributed by atoms with Gasteiger partial charge in [0.05, 0.1) is 30.4 Å². The van der Waals surface area contributed by atoms with Crippen molar-refractivity contribution in [3.63, 3.8) is 0 Å². The SMILES string of the molecule is COC(=O)CC/C=C/c1nc(-c2cncc(C(=O)OC)c2)ccc1[N+](=O)[O-]. The van der Waals surface area contributed by atoms with Gasteiger partial charge in [0, 0.05) is 30.4 Å². The van der Waals surface area contributed by atoms with Gasteiger partial charge in [0.1, 0.15) is 5.69 Å². The lowest BCUT2D eigenvalue weighted by atomic mass is 10.1. The molecular weight excluding hydrogens is 354 g/mol. The molecule has 0 atom stereocenters. The average Bonchev–Trinajstić information content (AvgIpc) is 2.70. The molecule has 0 amide bonds. The standard InChI is InChI=1S/C18H17N3O6/c1-26-17(22)6-4-3-5-15-16(21(24)25)8-7-14(20-15)12-9-13(11-19-10-12)18(23)27-2/h3,5,7-11H,4,6H2,1-2H3/b5-3+. The summed E-state index contributed by atoms with van der Waals surface area (Å²) in [5.41, 5.74) is 1.12. The topological polar surface area (TPSA) is 122 Å². The maximum Gasteiger partial charge on any atom is 0.339 e. The van der Waals surface area contributed by atoms with Crippen LogP contribution in [0.5, 0.6) is 0 Å². The number of aromatic nitrogens is 2. The summed E-state index contributed by atoms with van der Waals surface area (Å²) >= 11 is 0. The van der Waals surface area contributed by atoms with E-state index in [4.69, 9.17) is 0 Å². The maximum atomic E-state index is 11.6. The third-order valence-electron chi connectivity index (χ3n) is 3.57. The number of pyridine rings is 2. The number of ether oxygens (including phenoxy) is 2. The van der Waals surface area contributed by atoms with Crippen LogP contribution in [0.1, 0.15) is 28.9 Å². The van der Waals surface area contributed by atoms with Crippen LogP contribution in [0.4, 0.5) is 5.69 Å². The molecule has 2 aromatic heterocycles. The van der Waals surface area contributed by atoms with Crippen molar-refractivity contribution >= 4 is 23.7 Å². The Balaban J connectivity index is 2.34. The fourth-order valence-corrected chi connectivity index (χ4v) is 2.21. The number of nitro groups is 1. The van der Waals surface area contributed by atoms with E-state index in [0.29, 0.717) is 17.7 Å². The highest BCUT2D eigenvalue weighted by atomic mass is 16.6. The molecule has 0 N–H and O–H groups in total. The van der Waals surface area contributed by atoms with Crippen molar-refractivity contribution in [1.29, 1.82) is 0 Å². The predicted molar refractivity (Wildman–Crippen MR) is 95.7 cm³/mol. The third-order valence-corrected chi connectivity index (χ3v) is 3.57. The van der Waals surface area contributed by atoms with Crippen LogP contribution in [-0.2, 0) is 14.3 Å². The highest BCUT2D eigenvalue weighted by molar-refractivity contribution is 5.90. The predicted octanol–water partition coefficient (Wildman–Crippen LogP) is 2.80. The van der Waals surface area contributed by atoms with Gasteiger partial charge in [-0.1, -0.05) is 6.08 Å². The summed E-state index contributed by atoms with van der Waals surface area (Å²) in [6, 6.07) is 4.34. The molecule has 0 saturated carbocycles. The summed E-state index contributed by atoms with van der Waals surface area (Å²) in [5.74, 6) is -0.921. The number of carbonyl (C=O) groups excluding carboxylic acids is 2. The minimum absolute atomic E-state index is 0.130. The first kappa shape index (κ1) is 19.7. The fourth-order valence-electron chi connectivity index (χ4n) is 2.21. The Labute approximate surface area is 154 Å². The van der Waals surface area contributed by atoms with Gasteiger partial charge in [-0.2, -0.15) is 0 Å². The molecule has 0 bridgehead atoms. The molecule has 0 fully saturated rings. The van der Waals surface area contributed by atoms with Crippen molar-refractivity contribution in [1.82, 2.24) is 9.97 Å². The molecule has 0 aromatic carbocycles. The maximum absolute atomic E-state index is 11.6. The second-order valence-corrected chi connectivity index (χ2v) is 5.33. The molecule has 0 radical (unpaired) electrons. The second kappa shape index (κ2) is 9.18. The van der Waals surface area contributed by atoms with Crippen LogP contribution in [0.2, 0.25) is 0 Å². The van der Waals surface area contributed by atoms with Gasteiger partial charge >= 0.3 is 11.9 Å². The molecule has 0 aliphatic rings. The molecule has 9 heteroatoms. The Bertz CT molecular complexity index is 894. The van der Waals surface area contributed by atoms with Gasteiger partial charge in [0.15, 0.2) is 0 Å². The first-order chi connectivity index (χ1) is 13.0. The lowest BCUT2D eigenvalue weighted by Crippen LogP contribution is -2.02. The van der Waals surface area contributed by atoms with Crippen molar-refractivity contribution in [2.75, 3.05) is 14.2 Å². The summed E-state index contributed by atoms with van der Waals surface area (Å²) in [6.45, 7) is 0. The van der Waals surface area contributed by atoms with Crippen molar-refractivity contribution < 1.29 is 24.0 Å². The normalized spacial score (nSPS) is 10.6. The number of hydrogen-bond donors (Lipinski definition) is 0. The van der Waals surface area contributed by atoms with Crippen LogP contribution in [0.3, 0.4) is 0 Å². The molecule has 0 unspecified atom stereocenters. The van der Waals surface area contributed by atoms with Crippen LogP contribution in [0, 0.1) is 10.1 Å². The summed E-state index contributed by atoms with van der Waals surface area (Å²) in [7, 11) is 2.55. The van der Waals surface area contributed by atoms with Gasteiger partial charge in [-0.05, 0) is 24.6 Å². The molecule has 27 heavy (non-hydrogen) atoms. The lowest BCUT2D eigenvalue weighted by Gasteiger charge is -2.05. The molecule has 0 saturated heterocycles. The largest absolute Gasteiger partial charge is 0.469 e. The van der Waals surface area contributed by atoms with Crippen LogP contribution in [0.15, 0.2) is 36.7 Å². The summed E-state index contributed by atoms with van der Waals surface area (Å²) < 4.78 is 9.20. The quantitative estimate of drug-likeness (QED) is 0.414. The average molecular weight is 371 g/mol. The zero-order valence-corrected chi connectivity index (χ0v) is 14.7. The highest BCUT2D eigenvalue weighted by Gasteiger charge is 2.15. The number of allylic oxidation sites excluding steroid dienone is 1. The minimum Gasteiger partial charge on any atom is -0.469 e. The third kappa shape index (κ3) is 5.18. The molecule has 2 heterocycles. The van der Waals surface area contributed by atoms with Crippen LogP contribution < -0.4 is 0 Å². The molecule has 0 aliphatic heterocycles. The van der Waals surface area contributed by atoms with Crippen molar-refractivity contribution in [3.05, 3.63) is 58.0 Å². The van der Waals surface area contributed by atoms with Crippen LogP contribution >= 0.6 is 0 Å². The Morgan fingerprint density at radius 2 is 2.00 bits per heavy atom. The van der Waals surface area contributed by atoms with Gasteiger partial charge in [0.25, 0.3) is 5.69 Å². The van der Waals surface area contributed by atoms with E-state index >= 15 is 0 Å². The zero-order valence-electron chi connectivity index (χ0n) is 14.7. The number of rotatable bonds is 7. The molecule has 0 aliphatic carbocycles. The van der Waals surface area contributed by atoms with E-state index in [-0.39, 0.29) is 29.3 Å². The van der Waals surface area contributed by atoms with Gasteiger partial charge < -0.3 is 9.47 Å². The molecule has 0 spiro atoms. The number of methoxy groups -OCH3 is 2. The van der Waals surface area contributed by atoms with Gasteiger partial charge in [0.2, 0.25) is 0 Å². The van der Waals surface area contributed by atoms with Gasteiger partial charge in [-0.3, -0.25) is 19.9 Å². The van der Waals surface area contributed by atoms with E-state index in [1.54, 1.807) is 6.08 Å². The lowest BCUT2D eigenvalue weighted by molar-refractivity contribution is -0.385. The van der Waals surface area contributed by atoms with E-state index in [1.807, 2.05) is 0 Å². The number of hydrogen-bond acceptors (Lipinski definition) is 8. The summed E-state index contributed by atoms with van der Waals surface area (Å²) in [6.07, 6.45) is 6.45. The fraction of sp³-hybridized carbons (Fsp3) is 0.222. The Hall–Kier alpha value is -3.62. The van der Waals surface area contributed by atoms with Crippen molar-refractivity contribution in [3.8, 4) is 11.3 Å². The molecule has 2 rings (SSSR count). The van der Waals surface area contributed by atoms with E-state index in [2.05, 4.69) is 19.4 Å². The number of carbonyl (C=O) groups is 2. The highest BCUT2D eigenvalue weighted by Crippen LogP contribution is 2.24. The van der Waals surface area contributed by atoms with Crippen molar-refractivity contribution in [2.24, 2.45) is 0 Å². The molecule has 9 nitrogen and oxygen atoms in total. The first-order valence-corrected chi connectivity index (χ1v) is 7.88. The van der Waals surface area contributed by atoms with Gasteiger partial charge in [-0.15, -0.1) is 0 Å². The monoisotopic (exact) mass is 371 g/mol. The Morgan fingerprint density at radius 3 is 2.67 bits per heavy atom. The van der Waals surface area contributed by atoms with E-state index in [9.17, 15) is 19.7 Å². The second-order valence-electron chi connectivity index (χ2n) is 5.33.